The van der Waals surface area contributed by atoms with Crippen LogP contribution in [0.4, 0.5) is 0 Å². The maximum Gasteiger partial charge on any atom is 0.262 e. The van der Waals surface area contributed by atoms with Crippen LogP contribution in [0.2, 0.25) is 0 Å². The van der Waals surface area contributed by atoms with E-state index >= 15 is 0 Å². The number of hydrogen-bond acceptors (Lipinski definition) is 6. The molecule has 0 saturated carbocycles. The molecule has 172 valence electrons. The third kappa shape index (κ3) is 5.87. The highest BCUT2D eigenvalue weighted by atomic mass is 32.2. The summed E-state index contributed by atoms with van der Waals surface area (Å²) in [6.07, 6.45) is 2.78. The normalized spacial score (nSPS) is 14.1. The molecule has 1 aliphatic heterocycles. The van der Waals surface area contributed by atoms with Gasteiger partial charge in [-0.1, -0.05) is 37.3 Å². The Labute approximate surface area is 196 Å². The molecule has 0 fully saturated rings. The first-order valence-electron chi connectivity index (χ1n) is 10.6. The van der Waals surface area contributed by atoms with E-state index in [1.165, 1.54) is 0 Å². The molecule has 9 heteroatoms. The van der Waals surface area contributed by atoms with Gasteiger partial charge < -0.3 is 5.32 Å². The number of rotatable bonds is 10. The summed E-state index contributed by atoms with van der Waals surface area (Å²) in [6.45, 7) is 1.81. The van der Waals surface area contributed by atoms with Gasteiger partial charge in [0.1, 0.15) is 6.04 Å². The molecular weight excluding hydrogens is 440 g/mol. The van der Waals surface area contributed by atoms with Gasteiger partial charge in [-0.05, 0) is 49.1 Å². The van der Waals surface area contributed by atoms with Crippen LogP contribution in [-0.4, -0.2) is 58.8 Å². The molecule has 2 aromatic rings. The summed E-state index contributed by atoms with van der Waals surface area (Å²) >= 11 is 1.57. The monoisotopic (exact) mass is 466 g/mol. The van der Waals surface area contributed by atoms with Crippen molar-refractivity contribution < 1.29 is 19.2 Å². The van der Waals surface area contributed by atoms with E-state index in [0.29, 0.717) is 41.0 Å². The summed E-state index contributed by atoms with van der Waals surface area (Å²) in [5.41, 5.74) is 4.16. The zero-order valence-electron chi connectivity index (χ0n) is 18.5. The molecule has 2 N–H and O–H groups in total. The van der Waals surface area contributed by atoms with Crippen LogP contribution in [-0.2, 0) is 4.79 Å². The van der Waals surface area contributed by atoms with Crippen molar-refractivity contribution in [2.45, 2.75) is 25.8 Å². The van der Waals surface area contributed by atoms with E-state index in [1.807, 2.05) is 19.2 Å². The minimum absolute atomic E-state index is 0.0189. The van der Waals surface area contributed by atoms with Gasteiger partial charge in [0.05, 0.1) is 23.4 Å². The zero-order valence-corrected chi connectivity index (χ0v) is 19.4. The van der Waals surface area contributed by atoms with E-state index in [-0.39, 0.29) is 24.3 Å². The summed E-state index contributed by atoms with van der Waals surface area (Å²) < 4.78 is 0. The second kappa shape index (κ2) is 11.4. The average molecular weight is 467 g/mol. The third-order valence-electron chi connectivity index (χ3n) is 5.22. The molecule has 8 nitrogen and oxygen atoms in total. The van der Waals surface area contributed by atoms with Crippen molar-refractivity contribution >= 4 is 41.1 Å². The Kier molecular flexibility index (Phi) is 8.37. The van der Waals surface area contributed by atoms with Gasteiger partial charge in [0.2, 0.25) is 0 Å². The van der Waals surface area contributed by atoms with Gasteiger partial charge in [0.25, 0.3) is 23.6 Å². The number of nitrogens with zero attached hydrogens (tertiary/aromatic N) is 2. The summed E-state index contributed by atoms with van der Waals surface area (Å²) in [4.78, 5) is 51.6. The molecule has 0 radical (unpaired) electrons. The first-order valence-corrected chi connectivity index (χ1v) is 12.0. The standard InChI is InChI=1S/C24H26N4O4S/c1-3-17(15-28-23(31)18-11-7-8-12-19(18)24(28)32)26-27-22(30)20(13-14-33-2)25-21(29)16-9-5-4-6-10-16/h4-12,20H,3,13-15H2,1-2H3,(H,25,29)(H,27,30)/b26-17-/t20-/m0/s1. The zero-order chi connectivity index (χ0) is 23.8. The van der Waals surface area contributed by atoms with Crippen LogP contribution in [0.5, 0.6) is 0 Å². The van der Waals surface area contributed by atoms with Crippen LogP contribution in [0.15, 0.2) is 59.7 Å². The molecule has 2 aromatic carbocycles. The van der Waals surface area contributed by atoms with Crippen molar-refractivity contribution in [2.24, 2.45) is 5.10 Å². The third-order valence-corrected chi connectivity index (χ3v) is 5.86. The van der Waals surface area contributed by atoms with Crippen molar-refractivity contribution in [1.29, 1.82) is 0 Å². The highest BCUT2D eigenvalue weighted by Gasteiger charge is 2.35. The van der Waals surface area contributed by atoms with E-state index in [2.05, 4.69) is 15.8 Å². The molecular formula is C24H26N4O4S. The maximum absolute atomic E-state index is 12.8. The summed E-state index contributed by atoms with van der Waals surface area (Å²) in [5, 5.41) is 6.92. The number of hydrogen-bond donors (Lipinski definition) is 2. The number of nitrogens with one attached hydrogen (secondary N) is 2. The summed E-state index contributed by atoms with van der Waals surface area (Å²) in [6, 6.07) is 14.5. The van der Waals surface area contributed by atoms with E-state index in [1.54, 1.807) is 60.3 Å². The number of amides is 4. The first-order chi connectivity index (χ1) is 16.0. The van der Waals surface area contributed by atoms with E-state index in [4.69, 9.17) is 0 Å². The van der Waals surface area contributed by atoms with Crippen molar-refractivity contribution in [3.63, 3.8) is 0 Å². The quantitative estimate of drug-likeness (QED) is 0.318. The maximum atomic E-state index is 12.8. The Morgan fingerprint density at radius 3 is 2.18 bits per heavy atom. The first kappa shape index (κ1) is 24.2. The number of thioether (sulfide) groups is 1. The molecule has 3 rings (SSSR count). The Morgan fingerprint density at radius 2 is 1.61 bits per heavy atom. The second-order valence-corrected chi connectivity index (χ2v) is 8.41. The predicted molar refractivity (Wildman–Crippen MR) is 128 cm³/mol. The molecule has 0 spiro atoms. The molecule has 0 aromatic heterocycles. The highest BCUT2D eigenvalue weighted by Crippen LogP contribution is 2.22. The summed E-state index contributed by atoms with van der Waals surface area (Å²) in [5.74, 6) is -0.886. The van der Waals surface area contributed by atoms with Crippen molar-refractivity contribution in [3.05, 3.63) is 71.3 Å². The molecule has 0 aliphatic carbocycles. The Hall–Kier alpha value is -3.46. The Balaban J connectivity index is 1.66. The predicted octanol–water partition coefficient (Wildman–Crippen LogP) is 2.72. The molecule has 0 unspecified atom stereocenters. The van der Waals surface area contributed by atoms with Crippen LogP contribution in [0.25, 0.3) is 0 Å². The van der Waals surface area contributed by atoms with Crippen LogP contribution < -0.4 is 10.7 Å². The molecule has 33 heavy (non-hydrogen) atoms. The van der Waals surface area contributed by atoms with Gasteiger partial charge in [-0.15, -0.1) is 0 Å². The van der Waals surface area contributed by atoms with Gasteiger partial charge in [0, 0.05) is 5.56 Å². The molecule has 1 aliphatic rings. The SMILES string of the molecule is CC/C(CN1C(=O)c2ccccc2C1=O)=N/NC(=O)[C@H](CCSC)NC(=O)c1ccccc1. The highest BCUT2D eigenvalue weighted by molar-refractivity contribution is 7.98. The second-order valence-electron chi connectivity index (χ2n) is 7.42. The largest absolute Gasteiger partial charge is 0.340 e. The average Bonchev–Trinajstić information content (AvgIpc) is 3.09. The van der Waals surface area contributed by atoms with Crippen LogP contribution in [0, 0.1) is 0 Å². The molecule has 1 atom stereocenters. The van der Waals surface area contributed by atoms with Crippen molar-refractivity contribution in [2.75, 3.05) is 18.6 Å². The van der Waals surface area contributed by atoms with Crippen molar-refractivity contribution in [3.8, 4) is 0 Å². The number of hydrazone groups is 1. The molecule has 4 amide bonds. The molecule has 1 heterocycles. The number of benzene rings is 2. The van der Waals surface area contributed by atoms with E-state index in [0.717, 1.165) is 4.90 Å². The van der Waals surface area contributed by atoms with Crippen LogP contribution >= 0.6 is 11.8 Å². The topological polar surface area (TPSA) is 108 Å². The molecule has 0 bridgehead atoms. The number of fused-ring (bicyclic) bond motifs is 1. The van der Waals surface area contributed by atoms with Gasteiger partial charge in [-0.3, -0.25) is 24.1 Å². The number of imide groups is 1. The van der Waals surface area contributed by atoms with Gasteiger partial charge >= 0.3 is 0 Å². The fourth-order valence-electron chi connectivity index (χ4n) is 3.34. The fraction of sp³-hybridized carbons (Fsp3) is 0.292. The minimum Gasteiger partial charge on any atom is -0.340 e. The van der Waals surface area contributed by atoms with Crippen LogP contribution in [0.1, 0.15) is 50.8 Å². The molecule has 0 saturated heterocycles. The number of carbonyl (C=O) groups is 4. The van der Waals surface area contributed by atoms with Crippen molar-refractivity contribution in [1.82, 2.24) is 15.6 Å². The van der Waals surface area contributed by atoms with Crippen LogP contribution in [0.3, 0.4) is 0 Å². The lowest BCUT2D eigenvalue weighted by atomic mass is 10.1. The fourth-order valence-corrected chi connectivity index (χ4v) is 3.81. The Morgan fingerprint density at radius 1 is 1.00 bits per heavy atom. The van der Waals surface area contributed by atoms with E-state index < -0.39 is 11.9 Å². The Bertz CT molecular complexity index is 1040. The van der Waals surface area contributed by atoms with Gasteiger partial charge in [-0.25, -0.2) is 5.43 Å². The number of carbonyl (C=O) groups excluding carboxylic acids is 4. The lowest BCUT2D eigenvalue weighted by Gasteiger charge is -2.18. The van der Waals surface area contributed by atoms with E-state index in [9.17, 15) is 19.2 Å². The smallest absolute Gasteiger partial charge is 0.262 e. The lowest BCUT2D eigenvalue weighted by molar-refractivity contribution is -0.123. The van der Waals surface area contributed by atoms with Gasteiger partial charge in [0.15, 0.2) is 0 Å². The minimum atomic E-state index is -0.772. The lowest BCUT2D eigenvalue weighted by Crippen LogP contribution is -2.46. The van der Waals surface area contributed by atoms with Gasteiger partial charge in [-0.2, -0.15) is 16.9 Å². The summed E-state index contributed by atoms with van der Waals surface area (Å²) in [7, 11) is 0.